The minimum atomic E-state index is -0.0152. The lowest BCUT2D eigenvalue weighted by molar-refractivity contribution is -0.120. The van der Waals surface area contributed by atoms with Crippen LogP contribution >= 0.6 is 15.9 Å². The first-order valence-corrected chi connectivity index (χ1v) is 6.67. The summed E-state index contributed by atoms with van der Waals surface area (Å²) in [6.45, 7) is 3.56. The van der Waals surface area contributed by atoms with E-state index in [0.717, 1.165) is 10.0 Å². The number of rotatable bonds is 7. The molecule has 0 saturated heterocycles. The maximum Gasteiger partial charge on any atom is 0.234 e. The van der Waals surface area contributed by atoms with Crippen LogP contribution in [-0.4, -0.2) is 32.7 Å². The zero-order chi connectivity index (χ0) is 13.4. The highest BCUT2D eigenvalue weighted by Crippen LogP contribution is 2.17. The molecule has 0 spiro atoms. The average Bonchev–Trinajstić information content (AvgIpc) is 2.34. The number of hydrogen-bond acceptors (Lipinski definition) is 3. The first-order chi connectivity index (χ1) is 8.63. The lowest BCUT2D eigenvalue weighted by atomic mass is 10.1. The number of carbonyl (C=O) groups is 1. The molecule has 100 valence electrons. The zero-order valence-electron chi connectivity index (χ0n) is 10.7. The van der Waals surface area contributed by atoms with E-state index in [9.17, 15) is 4.79 Å². The van der Waals surface area contributed by atoms with Crippen LogP contribution in [0.3, 0.4) is 0 Å². The van der Waals surface area contributed by atoms with Gasteiger partial charge in [0, 0.05) is 18.1 Å². The summed E-state index contributed by atoms with van der Waals surface area (Å²) in [6, 6.07) is 7.92. The van der Waals surface area contributed by atoms with E-state index in [1.165, 1.54) is 0 Å². The fourth-order valence-electron chi connectivity index (χ4n) is 1.53. The minimum Gasteiger partial charge on any atom is -0.383 e. The Labute approximate surface area is 116 Å². The lowest BCUT2D eigenvalue weighted by Crippen LogP contribution is -2.36. The van der Waals surface area contributed by atoms with Gasteiger partial charge in [-0.3, -0.25) is 4.79 Å². The molecule has 0 radical (unpaired) electrons. The maximum atomic E-state index is 11.6. The Morgan fingerprint density at radius 1 is 1.50 bits per heavy atom. The van der Waals surface area contributed by atoms with Crippen molar-refractivity contribution in [2.75, 3.05) is 26.8 Å². The number of ether oxygens (including phenoxy) is 1. The summed E-state index contributed by atoms with van der Waals surface area (Å²) in [7, 11) is 1.64. The minimum absolute atomic E-state index is 0.000717. The first-order valence-electron chi connectivity index (χ1n) is 5.88. The summed E-state index contributed by atoms with van der Waals surface area (Å²) in [5, 5.41) is 5.95. The second-order valence-corrected chi connectivity index (χ2v) is 4.93. The quantitative estimate of drug-likeness (QED) is 0.755. The van der Waals surface area contributed by atoms with Crippen LogP contribution in [0.15, 0.2) is 28.7 Å². The normalized spacial score (nSPS) is 12.2. The van der Waals surface area contributed by atoms with Crippen molar-refractivity contribution in [1.29, 1.82) is 0 Å². The van der Waals surface area contributed by atoms with Crippen molar-refractivity contribution in [2.45, 2.75) is 13.0 Å². The molecule has 4 nitrogen and oxygen atoms in total. The van der Waals surface area contributed by atoms with Gasteiger partial charge in [0.2, 0.25) is 5.91 Å². The van der Waals surface area contributed by atoms with Crippen molar-refractivity contribution in [3.8, 4) is 0 Å². The van der Waals surface area contributed by atoms with Gasteiger partial charge in [-0.25, -0.2) is 0 Å². The van der Waals surface area contributed by atoms with Gasteiger partial charge in [0.1, 0.15) is 0 Å². The van der Waals surface area contributed by atoms with Gasteiger partial charge in [0.15, 0.2) is 0 Å². The van der Waals surface area contributed by atoms with Gasteiger partial charge < -0.3 is 15.4 Å². The predicted molar refractivity (Wildman–Crippen MR) is 75.4 cm³/mol. The van der Waals surface area contributed by atoms with Crippen LogP contribution < -0.4 is 10.6 Å². The van der Waals surface area contributed by atoms with Crippen molar-refractivity contribution in [3.05, 3.63) is 34.3 Å². The molecule has 1 atom stereocenters. The van der Waals surface area contributed by atoms with Gasteiger partial charge in [0.05, 0.1) is 19.2 Å². The third kappa shape index (κ3) is 5.62. The van der Waals surface area contributed by atoms with Gasteiger partial charge in [-0.2, -0.15) is 0 Å². The van der Waals surface area contributed by atoms with E-state index in [1.807, 2.05) is 31.2 Å². The standard InChI is InChI=1S/C13H19BrN2O2/c1-10(11-4-3-5-12(14)8-11)16-13(17)9-15-6-7-18-2/h3-5,8,10,15H,6-7,9H2,1-2H3,(H,16,17)/t10-/m1/s1. The van der Waals surface area contributed by atoms with E-state index in [0.29, 0.717) is 19.7 Å². The highest BCUT2D eigenvalue weighted by Gasteiger charge is 2.09. The van der Waals surface area contributed by atoms with Crippen molar-refractivity contribution < 1.29 is 9.53 Å². The zero-order valence-corrected chi connectivity index (χ0v) is 12.3. The predicted octanol–water partition coefficient (Wildman–Crippen LogP) is 1.86. The Morgan fingerprint density at radius 2 is 2.28 bits per heavy atom. The molecule has 0 aliphatic heterocycles. The highest BCUT2D eigenvalue weighted by atomic mass is 79.9. The van der Waals surface area contributed by atoms with Gasteiger partial charge in [-0.1, -0.05) is 28.1 Å². The molecule has 2 N–H and O–H groups in total. The molecule has 0 saturated carbocycles. The van der Waals surface area contributed by atoms with E-state index < -0.39 is 0 Å². The van der Waals surface area contributed by atoms with Crippen LogP contribution in [0.4, 0.5) is 0 Å². The second-order valence-electron chi connectivity index (χ2n) is 4.01. The topological polar surface area (TPSA) is 50.4 Å². The molecule has 0 fully saturated rings. The van der Waals surface area contributed by atoms with Crippen molar-refractivity contribution in [3.63, 3.8) is 0 Å². The van der Waals surface area contributed by atoms with Crippen LogP contribution in [0.1, 0.15) is 18.5 Å². The van der Waals surface area contributed by atoms with Gasteiger partial charge in [-0.05, 0) is 24.6 Å². The molecular formula is C13H19BrN2O2. The molecule has 1 aromatic carbocycles. The van der Waals surface area contributed by atoms with Gasteiger partial charge in [-0.15, -0.1) is 0 Å². The fourth-order valence-corrected chi connectivity index (χ4v) is 1.94. The number of nitrogens with one attached hydrogen (secondary N) is 2. The third-order valence-electron chi connectivity index (χ3n) is 2.49. The van der Waals surface area contributed by atoms with E-state index in [4.69, 9.17) is 4.74 Å². The monoisotopic (exact) mass is 314 g/mol. The average molecular weight is 315 g/mol. The Morgan fingerprint density at radius 3 is 2.94 bits per heavy atom. The van der Waals surface area contributed by atoms with E-state index in [-0.39, 0.29) is 11.9 Å². The van der Waals surface area contributed by atoms with Crippen LogP contribution in [0.5, 0.6) is 0 Å². The maximum absolute atomic E-state index is 11.6. The van der Waals surface area contributed by atoms with Gasteiger partial charge in [0.25, 0.3) is 0 Å². The Balaban J connectivity index is 2.35. The summed E-state index contributed by atoms with van der Waals surface area (Å²) in [5.74, 6) is -0.0152. The molecule has 0 unspecified atom stereocenters. The summed E-state index contributed by atoms with van der Waals surface area (Å²) in [6.07, 6.45) is 0. The van der Waals surface area contributed by atoms with Crippen molar-refractivity contribution in [2.24, 2.45) is 0 Å². The number of methoxy groups -OCH3 is 1. The third-order valence-corrected chi connectivity index (χ3v) is 2.99. The molecule has 0 aliphatic carbocycles. The smallest absolute Gasteiger partial charge is 0.234 e. The van der Waals surface area contributed by atoms with Crippen molar-refractivity contribution >= 4 is 21.8 Å². The lowest BCUT2D eigenvalue weighted by Gasteiger charge is -2.15. The first kappa shape index (κ1) is 15.1. The molecule has 5 heteroatoms. The number of carbonyl (C=O) groups excluding carboxylic acids is 1. The van der Waals surface area contributed by atoms with Crippen LogP contribution in [0.2, 0.25) is 0 Å². The summed E-state index contributed by atoms with van der Waals surface area (Å²) >= 11 is 3.42. The molecule has 1 amide bonds. The summed E-state index contributed by atoms with van der Waals surface area (Å²) in [5.41, 5.74) is 1.08. The molecule has 1 rings (SSSR count). The van der Waals surface area contributed by atoms with Crippen LogP contribution in [0.25, 0.3) is 0 Å². The number of amides is 1. The Hall–Kier alpha value is -0.910. The number of benzene rings is 1. The van der Waals surface area contributed by atoms with Gasteiger partial charge >= 0.3 is 0 Å². The second kappa shape index (κ2) is 8.24. The van der Waals surface area contributed by atoms with Crippen LogP contribution in [0, 0.1) is 0 Å². The fraction of sp³-hybridized carbons (Fsp3) is 0.462. The number of halogens is 1. The Kier molecular flexibility index (Phi) is 6.93. The summed E-state index contributed by atoms with van der Waals surface area (Å²) < 4.78 is 5.90. The molecule has 18 heavy (non-hydrogen) atoms. The molecule has 0 heterocycles. The molecule has 0 aromatic heterocycles. The highest BCUT2D eigenvalue weighted by molar-refractivity contribution is 9.10. The molecular weight excluding hydrogens is 296 g/mol. The van der Waals surface area contributed by atoms with E-state index in [2.05, 4.69) is 26.6 Å². The van der Waals surface area contributed by atoms with E-state index in [1.54, 1.807) is 7.11 Å². The van der Waals surface area contributed by atoms with E-state index >= 15 is 0 Å². The Bertz CT molecular complexity index is 385. The summed E-state index contributed by atoms with van der Waals surface area (Å²) in [4.78, 5) is 11.6. The van der Waals surface area contributed by atoms with Crippen LogP contribution in [-0.2, 0) is 9.53 Å². The molecule has 1 aromatic rings. The SMILES string of the molecule is COCCNCC(=O)N[C@H](C)c1cccc(Br)c1. The molecule has 0 bridgehead atoms. The molecule has 0 aliphatic rings. The van der Waals surface area contributed by atoms with Crippen molar-refractivity contribution in [1.82, 2.24) is 10.6 Å². The largest absolute Gasteiger partial charge is 0.383 e. The number of hydrogen-bond donors (Lipinski definition) is 2.